The third-order valence-corrected chi connectivity index (χ3v) is 3.52. The van der Waals surface area contributed by atoms with Gasteiger partial charge in [0.25, 0.3) is 0 Å². The molecule has 0 fully saturated rings. The Morgan fingerprint density at radius 2 is 1.86 bits per heavy atom. The van der Waals surface area contributed by atoms with Crippen LogP contribution < -0.4 is 5.73 Å². The molecule has 0 aromatic heterocycles. The van der Waals surface area contributed by atoms with E-state index in [1.807, 2.05) is 13.1 Å². The predicted molar refractivity (Wildman–Crippen MR) is 84.0 cm³/mol. The molecule has 2 aromatic carbocycles. The van der Waals surface area contributed by atoms with Gasteiger partial charge in [0.05, 0.1) is 0 Å². The molecule has 21 heavy (non-hydrogen) atoms. The van der Waals surface area contributed by atoms with E-state index in [0.29, 0.717) is 23.7 Å². The average Bonchev–Trinajstić information content (AvgIpc) is 2.43. The Balaban J connectivity index is 2.04. The molecular formula is C16H17ClFN3. The van der Waals surface area contributed by atoms with Crippen LogP contribution in [0.5, 0.6) is 0 Å². The van der Waals surface area contributed by atoms with E-state index in [0.717, 1.165) is 11.1 Å². The molecule has 0 unspecified atom stereocenters. The Bertz CT molecular complexity index is 640. The first-order chi connectivity index (χ1) is 9.95. The lowest BCUT2D eigenvalue weighted by atomic mass is 10.1. The number of amidine groups is 1. The number of hydrogen-bond acceptors (Lipinski definition) is 2. The fourth-order valence-electron chi connectivity index (χ4n) is 2.09. The third kappa shape index (κ3) is 4.28. The number of hydrogen-bond donors (Lipinski definition) is 2. The van der Waals surface area contributed by atoms with Gasteiger partial charge in [0.1, 0.15) is 11.7 Å². The van der Waals surface area contributed by atoms with E-state index in [9.17, 15) is 4.39 Å². The van der Waals surface area contributed by atoms with Crippen LogP contribution in [-0.4, -0.2) is 17.8 Å². The molecule has 0 saturated heterocycles. The van der Waals surface area contributed by atoms with Gasteiger partial charge in [0.2, 0.25) is 0 Å². The standard InChI is InChI=1S/C16H17ClFN3/c1-21(9-11-2-6-14(18)7-3-11)10-13-5-4-12(16(19)20)8-15(13)17/h2-8H,9-10H2,1H3,(H3,19,20). The third-order valence-electron chi connectivity index (χ3n) is 3.17. The van der Waals surface area contributed by atoms with Crippen molar-refractivity contribution in [3.8, 4) is 0 Å². The van der Waals surface area contributed by atoms with Crippen LogP contribution in [0.4, 0.5) is 4.39 Å². The summed E-state index contributed by atoms with van der Waals surface area (Å²) in [7, 11) is 1.97. The molecule has 0 aliphatic rings. The summed E-state index contributed by atoms with van der Waals surface area (Å²) in [6.07, 6.45) is 0. The lowest BCUT2D eigenvalue weighted by Gasteiger charge is -2.18. The molecule has 0 amide bonds. The fraction of sp³-hybridized carbons (Fsp3) is 0.188. The van der Waals surface area contributed by atoms with Gasteiger partial charge >= 0.3 is 0 Å². The number of nitrogens with zero attached hydrogens (tertiary/aromatic N) is 1. The van der Waals surface area contributed by atoms with Gasteiger partial charge in [-0.05, 0) is 36.4 Å². The highest BCUT2D eigenvalue weighted by Crippen LogP contribution is 2.20. The Morgan fingerprint density at radius 3 is 2.43 bits per heavy atom. The van der Waals surface area contributed by atoms with Crippen LogP contribution in [0.15, 0.2) is 42.5 Å². The topological polar surface area (TPSA) is 53.1 Å². The van der Waals surface area contributed by atoms with E-state index in [4.69, 9.17) is 22.7 Å². The zero-order valence-corrected chi connectivity index (χ0v) is 12.5. The van der Waals surface area contributed by atoms with Crippen molar-refractivity contribution in [3.05, 3.63) is 70.0 Å². The second-order valence-electron chi connectivity index (χ2n) is 5.02. The second-order valence-corrected chi connectivity index (χ2v) is 5.43. The quantitative estimate of drug-likeness (QED) is 0.657. The number of nitrogens with one attached hydrogen (secondary N) is 1. The van der Waals surface area contributed by atoms with E-state index >= 15 is 0 Å². The van der Waals surface area contributed by atoms with Gasteiger partial charge in [-0.3, -0.25) is 10.3 Å². The van der Waals surface area contributed by atoms with Gasteiger partial charge in [-0.1, -0.05) is 35.9 Å². The van der Waals surface area contributed by atoms with Crippen LogP contribution in [0.2, 0.25) is 5.02 Å². The number of halogens is 2. The molecule has 0 atom stereocenters. The summed E-state index contributed by atoms with van der Waals surface area (Å²) in [5, 5.41) is 7.98. The molecule has 2 rings (SSSR count). The molecule has 0 heterocycles. The van der Waals surface area contributed by atoms with Crippen LogP contribution in [0.25, 0.3) is 0 Å². The first-order valence-corrected chi connectivity index (χ1v) is 6.89. The number of rotatable bonds is 5. The number of nitrogens with two attached hydrogens (primary N) is 1. The minimum atomic E-state index is -0.232. The van der Waals surface area contributed by atoms with Crippen molar-refractivity contribution < 1.29 is 4.39 Å². The van der Waals surface area contributed by atoms with E-state index in [2.05, 4.69) is 4.90 Å². The highest BCUT2D eigenvalue weighted by Gasteiger charge is 2.07. The zero-order valence-electron chi connectivity index (χ0n) is 11.7. The lowest BCUT2D eigenvalue weighted by Crippen LogP contribution is -2.18. The van der Waals surface area contributed by atoms with Crippen LogP contribution in [-0.2, 0) is 13.1 Å². The Labute approximate surface area is 128 Å². The van der Waals surface area contributed by atoms with Gasteiger partial charge in [-0.25, -0.2) is 4.39 Å². The fourth-order valence-corrected chi connectivity index (χ4v) is 2.33. The first-order valence-electron chi connectivity index (χ1n) is 6.51. The number of nitrogen functional groups attached to an aromatic ring is 1. The summed E-state index contributed by atoms with van der Waals surface area (Å²) in [6.45, 7) is 1.36. The molecule has 0 saturated carbocycles. The SMILES string of the molecule is CN(Cc1ccc(F)cc1)Cc1ccc(C(=N)N)cc1Cl. The summed E-state index contributed by atoms with van der Waals surface area (Å²) in [4.78, 5) is 2.09. The molecule has 0 aliphatic carbocycles. The van der Waals surface area contributed by atoms with Crippen LogP contribution in [0, 0.1) is 11.2 Å². The van der Waals surface area contributed by atoms with Crippen molar-refractivity contribution in [3.63, 3.8) is 0 Å². The van der Waals surface area contributed by atoms with Gasteiger partial charge in [-0.15, -0.1) is 0 Å². The maximum atomic E-state index is 12.9. The largest absolute Gasteiger partial charge is 0.384 e. The van der Waals surface area contributed by atoms with Gasteiger partial charge < -0.3 is 5.73 Å². The Morgan fingerprint density at radius 1 is 1.19 bits per heavy atom. The first kappa shape index (κ1) is 15.5. The summed E-state index contributed by atoms with van der Waals surface area (Å²) in [6, 6.07) is 11.8. The van der Waals surface area contributed by atoms with E-state index in [1.165, 1.54) is 12.1 Å². The molecule has 3 N–H and O–H groups in total. The zero-order chi connectivity index (χ0) is 15.4. The maximum Gasteiger partial charge on any atom is 0.123 e. The van der Waals surface area contributed by atoms with Crippen molar-refractivity contribution in [1.29, 1.82) is 5.41 Å². The normalized spacial score (nSPS) is 10.9. The molecule has 0 spiro atoms. The minimum absolute atomic E-state index is 0.00289. The van der Waals surface area contributed by atoms with Crippen molar-refractivity contribution in [2.45, 2.75) is 13.1 Å². The smallest absolute Gasteiger partial charge is 0.123 e. The Hall–Kier alpha value is -1.91. The van der Waals surface area contributed by atoms with Gasteiger partial charge in [0.15, 0.2) is 0 Å². The molecule has 0 aliphatic heterocycles. The predicted octanol–water partition coefficient (Wildman–Crippen LogP) is 3.40. The molecule has 5 heteroatoms. The summed E-state index contributed by atoms with van der Waals surface area (Å²) < 4.78 is 12.9. The van der Waals surface area contributed by atoms with Crippen molar-refractivity contribution in [2.75, 3.05) is 7.05 Å². The van der Waals surface area contributed by atoms with Crippen molar-refractivity contribution in [1.82, 2.24) is 4.90 Å². The second kappa shape index (κ2) is 6.70. The van der Waals surface area contributed by atoms with Crippen molar-refractivity contribution in [2.24, 2.45) is 5.73 Å². The maximum absolute atomic E-state index is 12.9. The van der Waals surface area contributed by atoms with Crippen molar-refractivity contribution >= 4 is 17.4 Å². The molecular weight excluding hydrogens is 289 g/mol. The highest BCUT2D eigenvalue weighted by atomic mass is 35.5. The average molecular weight is 306 g/mol. The molecule has 0 radical (unpaired) electrons. The molecule has 0 bridgehead atoms. The van der Waals surface area contributed by atoms with Gasteiger partial charge in [0, 0.05) is 23.7 Å². The van der Waals surface area contributed by atoms with Crippen LogP contribution >= 0.6 is 11.6 Å². The monoisotopic (exact) mass is 305 g/mol. The summed E-state index contributed by atoms with van der Waals surface area (Å²) >= 11 is 6.21. The lowest BCUT2D eigenvalue weighted by molar-refractivity contribution is 0.319. The molecule has 110 valence electrons. The molecule has 3 nitrogen and oxygen atoms in total. The highest BCUT2D eigenvalue weighted by molar-refractivity contribution is 6.31. The van der Waals surface area contributed by atoms with Gasteiger partial charge in [-0.2, -0.15) is 0 Å². The van der Waals surface area contributed by atoms with E-state index in [1.54, 1.807) is 24.3 Å². The molecule has 2 aromatic rings. The summed E-state index contributed by atoms with van der Waals surface area (Å²) in [5.74, 6) is -0.229. The van der Waals surface area contributed by atoms with E-state index in [-0.39, 0.29) is 11.7 Å². The van der Waals surface area contributed by atoms with Crippen LogP contribution in [0.3, 0.4) is 0 Å². The van der Waals surface area contributed by atoms with Crippen LogP contribution in [0.1, 0.15) is 16.7 Å². The summed E-state index contributed by atoms with van der Waals surface area (Å²) in [5.41, 5.74) is 8.05. The van der Waals surface area contributed by atoms with E-state index < -0.39 is 0 Å². The number of benzene rings is 2. The Kier molecular flexibility index (Phi) is 4.94. The minimum Gasteiger partial charge on any atom is -0.384 e.